The third-order valence-corrected chi connectivity index (χ3v) is 6.22. The first kappa shape index (κ1) is 20.5. The van der Waals surface area contributed by atoms with Gasteiger partial charge in [0.1, 0.15) is 5.01 Å². The minimum Gasteiger partial charge on any atom is -0.331 e. The van der Waals surface area contributed by atoms with Crippen molar-refractivity contribution in [2.75, 3.05) is 5.75 Å². The third-order valence-electron chi connectivity index (χ3n) is 4.24. The maximum absolute atomic E-state index is 11.3. The van der Waals surface area contributed by atoms with Gasteiger partial charge in [-0.05, 0) is 25.3 Å². The molecule has 2 aromatic rings. The lowest BCUT2D eigenvalue weighted by molar-refractivity contribution is -0.119. The highest BCUT2D eigenvalue weighted by Crippen LogP contribution is 2.22. The largest absolute Gasteiger partial charge is 0.331 e. The van der Waals surface area contributed by atoms with Crippen molar-refractivity contribution in [3.63, 3.8) is 0 Å². The summed E-state index contributed by atoms with van der Waals surface area (Å²) >= 11 is 1.58. The second-order valence-corrected chi connectivity index (χ2v) is 8.37. The number of carbonyl (C=O) groups is 1. The highest BCUT2D eigenvalue weighted by molar-refractivity contribution is 7.88. The number of aryl methyl sites for hydroxylation is 1. The van der Waals surface area contributed by atoms with Crippen LogP contribution in [0.1, 0.15) is 43.8 Å². The zero-order chi connectivity index (χ0) is 18.9. The molecule has 1 aliphatic rings. The van der Waals surface area contributed by atoms with Crippen LogP contribution in [-0.4, -0.2) is 42.1 Å². The molecule has 1 aliphatic heterocycles. The summed E-state index contributed by atoms with van der Waals surface area (Å²) in [4.78, 5) is 17.4. The number of rotatable bonds is 7. The molecule has 1 amide bonds. The number of carbonyl (C=O) groups excluding carboxylic acids is 1. The van der Waals surface area contributed by atoms with Crippen LogP contribution in [-0.2, 0) is 28.7 Å². The van der Waals surface area contributed by atoms with E-state index in [2.05, 4.69) is 36.2 Å². The average molecular weight is 395 g/mol. The van der Waals surface area contributed by atoms with Crippen LogP contribution >= 0.6 is 11.3 Å². The van der Waals surface area contributed by atoms with Crippen LogP contribution in [0.3, 0.4) is 0 Å². The van der Waals surface area contributed by atoms with Crippen LogP contribution in [0.25, 0.3) is 0 Å². The van der Waals surface area contributed by atoms with Crippen molar-refractivity contribution in [3.05, 3.63) is 46.0 Å². The summed E-state index contributed by atoms with van der Waals surface area (Å²) in [6.45, 7) is 7.82. The van der Waals surface area contributed by atoms with Gasteiger partial charge in [-0.2, -0.15) is 5.10 Å². The second kappa shape index (κ2) is 10.4. The topological polar surface area (TPSA) is 68.1 Å². The van der Waals surface area contributed by atoms with E-state index in [1.807, 2.05) is 23.0 Å². The number of nitrogens with zero attached hydrogens (tertiary/aromatic N) is 4. The van der Waals surface area contributed by atoms with Crippen LogP contribution in [0.4, 0.5) is 0 Å². The van der Waals surface area contributed by atoms with Crippen molar-refractivity contribution in [3.8, 4) is 0 Å². The molecule has 0 saturated carbocycles. The van der Waals surface area contributed by atoms with E-state index >= 15 is 0 Å². The Bertz CT molecular complexity index is 727. The quantitative estimate of drug-likeness (QED) is 0.677. The van der Waals surface area contributed by atoms with Gasteiger partial charge in [0.15, 0.2) is 0 Å². The van der Waals surface area contributed by atoms with Crippen molar-refractivity contribution in [1.29, 1.82) is 0 Å². The molecule has 3 heterocycles. The molecule has 0 fully saturated rings. The number of amides is 1. The molecule has 0 aliphatic carbocycles. The molecule has 3 unspecified atom stereocenters. The number of hydrogen-bond acceptors (Lipinski definition) is 5. The summed E-state index contributed by atoms with van der Waals surface area (Å²) in [6, 6.07) is 1.86. The van der Waals surface area contributed by atoms with Crippen LogP contribution in [0.2, 0.25) is 0 Å². The van der Waals surface area contributed by atoms with Gasteiger partial charge in [-0.15, -0.1) is 11.3 Å². The smallest absolute Gasteiger partial charge is 0.210 e. The molecule has 0 aromatic carbocycles. The Labute approximate surface area is 161 Å². The fourth-order valence-electron chi connectivity index (χ4n) is 2.37. The van der Waals surface area contributed by atoms with E-state index in [0.717, 1.165) is 30.1 Å². The first-order valence-electron chi connectivity index (χ1n) is 8.75. The van der Waals surface area contributed by atoms with Gasteiger partial charge in [0.25, 0.3) is 0 Å². The maximum Gasteiger partial charge on any atom is 0.210 e. The number of aromatic nitrogens is 3. The highest BCUT2D eigenvalue weighted by atomic mass is 32.2. The van der Waals surface area contributed by atoms with Gasteiger partial charge in [0.2, 0.25) is 6.41 Å². The van der Waals surface area contributed by atoms with Gasteiger partial charge in [-0.25, -0.2) is 4.98 Å². The summed E-state index contributed by atoms with van der Waals surface area (Å²) in [7, 11) is -0.935. The zero-order valence-electron chi connectivity index (χ0n) is 15.4. The van der Waals surface area contributed by atoms with Crippen LogP contribution < -0.4 is 0 Å². The first-order chi connectivity index (χ1) is 12.6. The fourth-order valence-corrected chi connectivity index (χ4v) is 4.40. The predicted molar refractivity (Wildman–Crippen MR) is 106 cm³/mol. The van der Waals surface area contributed by atoms with E-state index in [0.29, 0.717) is 18.2 Å². The van der Waals surface area contributed by atoms with Crippen molar-refractivity contribution in [1.82, 2.24) is 19.7 Å². The lowest BCUT2D eigenvalue weighted by Gasteiger charge is -2.21. The van der Waals surface area contributed by atoms with Crippen molar-refractivity contribution in [2.24, 2.45) is 0 Å². The maximum atomic E-state index is 11.3. The Balaban J connectivity index is 0.000000290. The summed E-state index contributed by atoms with van der Waals surface area (Å²) in [5, 5.41) is 8.61. The molecule has 26 heavy (non-hydrogen) atoms. The normalized spacial score (nSPS) is 19.7. The lowest BCUT2D eigenvalue weighted by atomic mass is 10.1. The van der Waals surface area contributed by atoms with Gasteiger partial charge in [-0.1, -0.05) is 19.9 Å². The fraction of sp³-hybridized carbons (Fsp3) is 0.500. The van der Waals surface area contributed by atoms with Crippen LogP contribution in [0.5, 0.6) is 0 Å². The summed E-state index contributed by atoms with van der Waals surface area (Å²) in [5.74, 6) is 0.955. The molecule has 0 spiro atoms. The van der Waals surface area contributed by atoms with E-state index in [9.17, 15) is 9.00 Å². The van der Waals surface area contributed by atoms with Crippen molar-refractivity contribution < 1.29 is 9.00 Å². The molecule has 3 rings (SSSR count). The summed E-state index contributed by atoms with van der Waals surface area (Å²) in [6.07, 6.45) is 7.45. The average Bonchev–Trinajstić information content (AvgIpc) is 3.41. The Kier molecular flexibility index (Phi) is 8.18. The zero-order valence-corrected chi connectivity index (χ0v) is 17.1. The highest BCUT2D eigenvalue weighted by Gasteiger charge is 2.22. The summed E-state index contributed by atoms with van der Waals surface area (Å²) < 4.78 is 13.2. The van der Waals surface area contributed by atoms with Gasteiger partial charge in [0.05, 0.1) is 24.0 Å². The first-order valence-corrected chi connectivity index (χ1v) is 11.0. The Morgan fingerprint density at radius 1 is 1.50 bits per heavy atom. The van der Waals surface area contributed by atoms with E-state index in [4.69, 9.17) is 0 Å². The molecule has 0 radical (unpaired) electrons. The molecule has 142 valence electrons. The number of thiazole rings is 1. The molecular formula is C18H26N4O2S2. The molecule has 2 aromatic heterocycles. The lowest BCUT2D eigenvalue weighted by Crippen LogP contribution is -2.33. The Morgan fingerprint density at radius 2 is 2.31 bits per heavy atom. The molecule has 8 heteroatoms. The molecule has 0 N–H and O–H groups in total. The molecule has 0 bridgehead atoms. The molecular weight excluding hydrogens is 368 g/mol. The van der Waals surface area contributed by atoms with E-state index < -0.39 is 10.8 Å². The SMILES string of the molecule is CCC(C)c1csc(CN(C=O)C2C=CS(=O)C2)n1.CCn1cccn1. The van der Waals surface area contributed by atoms with Gasteiger partial charge >= 0.3 is 0 Å². The van der Waals surface area contributed by atoms with Crippen molar-refractivity contribution in [2.45, 2.75) is 52.2 Å². The van der Waals surface area contributed by atoms with Gasteiger partial charge < -0.3 is 4.90 Å². The minimum absolute atomic E-state index is 0.0609. The van der Waals surface area contributed by atoms with E-state index in [1.165, 1.54) is 0 Å². The number of hydrogen-bond donors (Lipinski definition) is 0. The molecule has 0 saturated heterocycles. The monoisotopic (exact) mass is 394 g/mol. The Morgan fingerprint density at radius 3 is 2.81 bits per heavy atom. The molecule has 3 atom stereocenters. The standard InChI is InChI=1S/C13H18N2O2S2.C5H8N2/c1-3-10(2)12-7-18-13(14-12)6-15(9-16)11-4-5-19(17)8-11;1-2-7-5-3-4-6-7/h4-5,7,9-11H,3,6,8H2,1-2H3;3-5H,2H2,1H3. The van der Waals surface area contributed by atoms with Crippen LogP contribution in [0, 0.1) is 0 Å². The molecule has 6 nitrogen and oxygen atoms in total. The van der Waals surface area contributed by atoms with E-state index in [-0.39, 0.29) is 6.04 Å². The summed E-state index contributed by atoms with van der Waals surface area (Å²) in [5.41, 5.74) is 1.10. The third kappa shape index (κ3) is 5.88. The van der Waals surface area contributed by atoms with Gasteiger partial charge in [-0.3, -0.25) is 13.7 Å². The van der Waals surface area contributed by atoms with E-state index in [1.54, 1.807) is 27.8 Å². The van der Waals surface area contributed by atoms with Gasteiger partial charge in [0, 0.05) is 40.5 Å². The minimum atomic E-state index is -0.935. The second-order valence-electron chi connectivity index (χ2n) is 6.06. The van der Waals surface area contributed by atoms with Crippen molar-refractivity contribution >= 4 is 28.5 Å². The Hall–Kier alpha value is -1.80. The predicted octanol–water partition coefficient (Wildman–Crippen LogP) is 3.16. The van der Waals surface area contributed by atoms with Crippen LogP contribution in [0.15, 0.2) is 35.3 Å².